The third-order valence-corrected chi connectivity index (χ3v) is 3.90. The molecule has 0 atom stereocenters. The van der Waals surface area contributed by atoms with Gasteiger partial charge in [0.15, 0.2) is 0 Å². The summed E-state index contributed by atoms with van der Waals surface area (Å²) in [6.07, 6.45) is 6.20. The standard InChI is InChI=1S/C12H18BrN3/c1-15(2)10-4-7-16(8-5-10)12-3-6-14-9-11(12)13/h3,6,9-10H,4-5,7-8H2,1-2H3. The van der Waals surface area contributed by atoms with Crippen LogP contribution in [0, 0.1) is 0 Å². The fourth-order valence-corrected chi connectivity index (χ4v) is 2.75. The Bertz CT molecular complexity index is 346. The van der Waals surface area contributed by atoms with Gasteiger partial charge in [-0.15, -0.1) is 0 Å². The van der Waals surface area contributed by atoms with Crippen molar-refractivity contribution in [1.29, 1.82) is 0 Å². The molecule has 1 aromatic heterocycles. The number of hydrogen-bond donors (Lipinski definition) is 0. The lowest BCUT2D eigenvalue weighted by Crippen LogP contribution is -2.42. The quantitative estimate of drug-likeness (QED) is 0.831. The number of pyridine rings is 1. The van der Waals surface area contributed by atoms with E-state index in [2.05, 4.69) is 50.9 Å². The first-order valence-electron chi connectivity index (χ1n) is 5.69. The van der Waals surface area contributed by atoms with Gasteiger partial charge in [0.05, 0.1) is 10.2 Å². The Morgan fingerprint density at radius 3 is 2.62 bits per heavy atom. The summed E-state index contributed by atoms with van der Waals surface area (Å²) in [7, 11) is 4.34. The predicted octanol–water partition coefficient (Wildman–Crippen LogP) is 2.37. The van der Waals surface area contributed by atoms with Gasteiger partial charge in [0.2, 0.25) is 0 Å². The number of hydrogen-bond acceptors (Lipinski definition) is 3. The van der Waals surface area contributed by atoms with Crippen molar-refractivity contribution >= 4 is 21.6 Å². The van der Waals surface area contributed by atoms with E-state index < -0.39 is 0 Å². The monoisotopic (exact) mass is 283 g/mol. The molecule has 16 heavy (non-hydrogen) atoms. The predicted molar refractivity (Wildman–Crippen MR) is 70.9 cm³/mol. The Morgan fingerprint density at radius 1 is 1.38 bits per heavy atom. The molecule has 4 heteroatoms. The van der Waals surface area contributed by atoms with E-state index in [0.717, 1.165) is 23.6 Å². The van der Waals surface area contributed by atoms with Gasteiger partial charge in [-0.3, -0.25) is 4.98 Å². The van der Waals surface area contributed by atoms with Gasteiger partial charge in [-0.05, 0) is 48.9 Å². The van der Waals surface area contributed by atoms with Crippen LogP contribution in [0.4, 0.5) is 5.69 Å². The van der Waals surface area contributed by atoms with Crippen molar-refractivity contribution in [2.24, 2.45) is 0 Å². The maximum Gasteiger partial charge on any atom is 0.0592 e. The lowest BCUT2D eigenvalue weighted by atomic mass is 10.0. The zero-order valence-electron chi connectivity index (χ0n) is 9.86. The maximum atomic E-state index is 4.10. The molecule has 0 radical (unpaired) electrons. The highest BCUT2D eigenvalue weighted by Gasteiger charge is 2.21. The highest BCUT2D eigenvalue weighted by atomic mass is 79.9. The Morgan fingerprint density at radius 2 is 2.06 bits per heavy atom. The normalized spacial score (nSPS) is 18.1. The van der Waals surface area contributed by atoms with E-state index in [-0.39, 0.29) is 0 Å². The van der Waals surface area contributed by atoms with E-state index in [1.54, 1.807) is 0 Å². The minimum absolute atomic E-state index is 0.733. The molecule has 2 heterocycles. The van der Waals surface area contributed by atoms with E-state index >= 15 is 0 Å². The van der Waals surface area contributed by atoms with Crippen LogP contribution >= 0.6 is 15.9 Å². The third-order valence-electron chi connectivity index (χ3n) is 3.29. The summed E-state index contributed by atoms with van der Waals surface area (Å²) >= 11 is 3.56. The van der Waals surface area contributed by atoms with E-state index in [1.165, 1.54) is 18.5 Å². The first kappa shape index (κ1) is 11.9. The average Bonchev–Trinajstić information content (AvgIpc) is 2.30. The van der Waals surface area contributed by atoms with Gasteiger partial charge in [0.25, 0.3) is 0 Å². The maximum absolute atomic E-state index is 4.10. The molecule has 1 saturated heterocycles. The number of piperidine rings is 1. The Labute approximate surface area is 106 Å². The fourth-order valence-electron chi connectivity index (χ4n) is 2.25. The molecular formula is C12H18BrN3. The van der Waals surface area contributed by atoms with Gasteiger partial charge in [-0.25, -0.2) is 0 Å². The van der Waals surface area contributed by atoms with Gasteiger partial charge in [0, 0.05) is 31.5 Å². The van der Waals surface area contributed by atoms with Crippen LogP contribution in [0.5, 0.6) is 0 Å². The van der Waals surface area contributed by atoms with Crippen molar-refractivity contribution < 1.29 is 0 Å². The van der Waals surface area contributed by atoms with Crippen LogP contribution < -0.4 is 4.90 Å². The number of rotatable bonds is 2. The number of anilines is 1. The first-order valence-corrected chi connectivity index (χ1v) is 6.48. The van der Waals surface area contributed by atoms with Crippen molar-refractivity contribution in [3.05, 3.63) is 22.9 Å². The molecular weight excluding hydrogens is 266 g/mol. The van der Waals surface area contributed by atoms with Crippen LogP contribution in [0.3, 0.4) is 0 Å². The summed E-state index contributed by atoms with van der Waals surface area (Å²) < 4.78 is 1.10. The molecule has 0 saturated carbocycles. The van der Waals surface area contributed by atoms with E-state index in [9.17, 15) is 0 Å². The van der Waals surface area contributed by atoms with Crippen molar-refractivity contribution in [2.75, 3.05) is 32.1 Å². The molecule has 0 spiro atoms. The van der Waals surface area contributed by atoms with Crippen molar-refractivity contribution in [1.82, 2.24) is 9.88 Å². The van der Waals surface area contributed by atoms with E-state index in [1.807, 2.05) is 12.4 Å². The summed E-state index contributed by atoms with van der Waals surface area (Å²) in [5, 5.41) is 0. The minimum atomic E-state index is 0.733. The first-order chi connectivity index (χ1) is 7.68. The second kappa shape index (κ2) is 5.15. The number of nitrogens with zero attached hydrogens (tertiary/aromatic N) is 3. The lowest BCUT2D eigenvalue weighted by molar-refractivity contribution is 0.249. The molecule has 0 unspecified atom stereocenters. The highest BCUT2D eigenvalue weighted by molar-refractivity contribution is 9.10. The molecule has 0 N–H and O–H groups in total. The Kier molecular flexibility index (Phi) is 3.82. The molecule has 0 aromatic carbocycles. The summed E-state index contributed by atoms with van der Waals surface area (Å²) in [5.41, 5.74) is 1.27. The largest absolute Gasteiger partial charge is 0.370 e. The smallest absolute Gasteiger partial charge is 0.0592 e. The Balaban J connectivity index is 2.02. The van der Waals surface area contributed by atoms with Crippen molar-refractivity contribution in [3.63, 3.8) is 0 Å². The van der Waals surface area contributed by atoms with E-state index in [0.29, 0.717) is 0 Å². The second-order valence-corrected chi connectivity index (χ2v) is 5.36. The molecule has 1 aromatic rings. The topological polar surface area (TPSA) is 19.4 Å². The van der Waals surface area contributed by atoms with Crippen molar-refractivity contribution in [3.8, 4) is 0 Å². The molecule has 1 fully saturated rings. The van der Waals surface area contributed by atoms with E-state index in [4.69, 9.17) is 0 Å². The number of halogens is 1. The molecule has 1 aliphatic heterocycles. The minimum Gasteiger partial charge on any atom is -0.370 e. The van der Waals surface area contributed by atoms with Gasteiger partial charge in [-0.1, -0.05) is 0 Å². The molecule has 1 aliphatic rings. The molecule has 0 amide bonds. The third kappa shape index (κ3) is 2.55. The molecule has 0 aliphatic carbocycles. The van der Waals surface area contributed by atoms with Crippen LogP contribution in [-0.4, -0.2) is 43.1 Å². The van der Waals surface area contributed by atoms with Crippen LogP contribution in [0.25, 0.3) is 0 Å². The second-order valence-electron chi connectivity index (χ2n) is 4.51. The summed E-state index contributed by atoms with van der Waals surface area (Å²) in [6.45, 7) is 2.26. The van der Waals surface area contributed by atoms with Crippen LogP contribution in [0.1, 0.15) is 12.8 Å². The van der Waals surface area contributed by atoms with Gasteiger partial charge in [-0.2, -0.15) is 0 Å². The van der Waals surface area contributed by atoms with Crippen LogP contribution in [0.15, 0.2) is 22.9 Å². The van der Waals surface area contributed by atoms with Crippen LogP contribution in [0.2, 0.25) is 0 Å². The summed E-state index contributed by atoms with van der Waals surface area (Å²) in [6, 6.07) is 2.82. The summed E-state index contributed by atoms with van der Waals surface area (Å²) in [5.74, 6) is 0. The van der Waals surface area contributed by atoms with Gasteiger partial charge >= 0.3 is 0 Å². The zero-order valence-corrected chi connectivity index (χ0v) is 11.4. The van der Waals surface area contributed by atoms with Crippen LogP contribution in [-0.2, 0) is 0 Å². The summed E-state index contributed by atoms with van der Waals surface area (Å²) in [4.78, 5) is 8.87. The highest BCUT2D eigenvalue weighted by Crippen LogP contribution is 2.27. The van der Waals surface area contributed by atoms with Gasteiger partial charge in [0.1, 0.15) is 0 Å². The fraction of sp³-hybridized carbons (Fsp3) is 0.583. The van der Waals surface area contributed by atoms with Crippen molar-refractivity contribution in [2.45, 2.75) is 18.9 Å². The average molecular weight is 284 g/mol. The number of aromatic nitrogens is 1. The molecule has 2 rings (SSSR count). The SMILES string of the molecule is CN(C)C1CCN(c2ccncc2Br)CC1. The Hall–Kier alpha value is -0.610. The van der Waals surface area contributed by atoms with Gasteiger partial charge < -0.3 is 9.80 Å². The lowest BCUT2D eigenvalue weighted by Gasteiger charge is -2.36. The zero-order chi connectivity index (χ0) is 11.5. The molecule has 3 nitrogen and oxygen atoms in total. The molecule has 0 bridgehead atoms. The molecule has 88 valence electrons.